The molecule has 0 atom stereocenters. The van der Waals surface area contributed by atoms with Crippen LogP contribution in [-0.4, -0.2) is 42.5 Å². The minimum Gasteiger partial charge on any atom is -0.398 e. The van der Waals surface area contributed by atoms with E-state index in [4.69, 9.17) is 16.0 Å². The molecule has 0 bridgehead atoms. The predicted octanol–water partition coefficient (Wildman–Crippen LogP) is 2.44. The van der Waals surface area contributed by atoms with E-state index in [-0.39, 0.29) is 34.5 Å². The quantitative estimate of drug-likeness (QED) is 0.344. The van der Waals surface area contributed by atoms with E-state index in [1.165, 1.54) is 24.3 Å². The summed E-state index contributed by atoms with van der Waals surface area (Å²) in [6.07, 6.45) is 0. The first-order chi connectivity index (χ1) is 9.77. The normalized spacial score (nSPS) is 11.4. The van der Waals surface area contributed by atoms with Gasteiger partial charge in [-0.05, 0) is 48.9 Å². The molecule has 0 amide bonds. The van der Waals surface area contributed by atoms with Crippen LogP contribution in [0.5, 0.6) is 0 Å². The van der Waals surface area contributed by atoms with Crippen molar-refractivity contribution in [3.05, 3.63) is 42.0 Å². The fourth-order valence-corrected chi connectivity index (χ4v) is 2.09. The molecule has 0 spiro atoms. The van der Waals surface area contributed by atoms with Gasteiger partial charge in [0.15, 0.2) is 0 Å². The molecule has 22 heavy (non-hydrogen) atoms. The number of anilines is 2. The van der Waals surface area contributed by atoms with Crippen molar-refractivity contribution >= 4 is 62.4 Å². The molecule has 9 heteroatoms. The van der Waals surface area contributed by atoms with E-state index in [1.54, 1.807) is 12.1 Å². The molecular formula is C13H14N4NaO3S. The molecular weight excluding hydrogens is 315 g/mol. The van der Waals surface area contributed by atoms with Gasteiger partial charge in [-0.1, -0.05) is 0 Å². The SMILES string of the molecule is Cc1cc(N=Nc2ccc(S(=O)(=O)O)cc2)c(N)cc1N.[Na]. The summed E-state index contributed by atoms with van der Waals surface area (Å²) in [5.41, 5.74) is 14.2. The van der Waals surface area contributed by atoms with Crippen LogP contribution < -0.4 is 11.5 Å². The topological polar surface area (TPSA) is 131 Å². The molecule has 0 aliphatic rings. The van der Waals surface area contributed by atoms with Crippen molar-refractivity contribution in [2.24, 2.45) is 10.2 Å². The number of hydrogen-bond acceptors (Lipinski definition) is 6. The van der Waals surface area contributed by atoms with Crippen molar-refractivity contribution in [3.8, 4) is 0 Å². The summed E-state index contributed by atoms with van der Waals surface area (Å²) in [6.45, 7) is 1.83. The average molecular weight is 329 g/mol. The Balaban J connectivity index is 0.00000242. The van der Waals surface area contributed by atoms with Crippen LogP contribution in [0.2, 0.25) is 0 Å². The van der Waals surface area contributed by atoms with Gasteiger partial charge >= 0.3 is 0 Å². The molecule has 0 unspecified atom stereocenters. The molecule has 1 radical (unpaired) electrons. The Kier molecular flexibility index (Phi) is 6.09. The molecule has 0 heterocycles. The van der Waals surface area contributed by atoms with Crippen molar-refractivity contribution in [1.29, 1.82) is 0 Å². The van der Waals surface area contributed by atoms with Gasteiger partial charge in [-0.2, -0.15) is 13.5 Å². The molecule has 0 fully saturated rings. The summed E-state index contributed by atoms with van der Waals surface area (Å²) < 4.78 is 30.7. The van der Waals surface area contributed by atoms with Gasteiger partial charge in [0, 0.05) is 35.2 Å². The van der Waals surface area contributed by atoms with E-state index in [0.717, 1.165) is 5.56 Å². The Bertz CT molecular complexity index is 805. The van der Waals surface area contributed by atoms with Gasteiger partial charge in [0.1, 0.15) is 5.69 Å². The molecule has 0 saturated carbocycles. The van der Waals surface area contributed by atoms with Gasteiger partial charge in [-0.15, -0.1) is 5.11 Å². The van der Waals surface area contributed by atoms with Crippen LogP contribution in [0, 0.1) is 6.92 Å². The van der Waals surface area contributed by atoms with Gasteiger partial charge in [0.25, 0.3) is 10.1 Å². The summed E-state index contributed by atoms with van der Waals surface area (Å²) in [6, 6.07) is 8.63. The standard InChI is InChI=1S/C13H14N4O3S.Na/c1-8-6-13(12(15)7-11(8)14)17-16-9-2-4-10(5-3-9)21(18,19)20;/h2-7H,14-15H2,1H3,(H,18,19,20);. The number of benzene rings is 2. The van der Waals surface area contributed by atoms with Crippen LogP contribution in [0.4, 0.5) is 22.7 Å². The number of rotatable bonds is 3. The molecule has 2 aromatic rings. The third-order valence-electron chi connectivity index (χ3n) is 2.82. The smallest absolute Gasteiger partial charge is 0.294 e. The number of hydrogen-bond donors (Lipinski definition) is 3. The van der Waals surface area contributed by atoms with Crippen molar-refractivity contribution in [2.75, 3.05) is 11.5 Å². The van der Waals surface area contributed by atoms with Crippen molar-refractivity contribution in [2.45, 2.75) is 11.8 Å². The third-order valence-corrected chi connectivity index (χ3v) is 3.69. The molecule has 0 aromatic heterocycles. The molecule has 2 aromatic carbocycles. The van der Waals surface area contributed by atoms with E-state index in [2.05, 4.69) is 10.2 Å². The average Bonchev–Trinajstić information content (AvgIpc) is 2.41. The van der Waals surface area contributed by atoms with E-state index in [9.17, 15) is 8.42 Å². The Hall–Kier alpha value is -1.45. The molecule has 2 rings (SSSR count). The summed E-state index contributed by atoms with van der Waals surface area (Å²) in [4.78, 5) is -0.204. The fraction of sp³-hybridized carbons (Fsp3) is 0.0769. The first-order valence-electron chi connectivity index (χ1n) is 5.92. The number of azo groups is 1. The van der Waals surface area contributed by atoms with Crippen LogP contribution in [0.3, 0.4) is 0 Å². The Morgan fingerprint density at radius 3 is 2.14 bits per heavy atom. The van der Waals surface area contributed by atoms with Gasteiger partial charge in [0.2, 0.25) is 0 Å². The maximum absolute atomic E-state index is 10.9. The number of nitrogens with two attached hydrogens (primary N) is 2. The van der Waals surface area contributed by atoms with E-state index >= 15 is 0 Å². The monoisotopic (exact) mass is 329 g/mol. The Morgan fingerprint density at radius 2 is 1.59 bits per heavy atom. The van der Waals surface area contributed by atoms with Gasteiger partial charge in [0.05, 0.1) is 16.3 Å². The molecule has 111 valence electrons. The summed E-state index contributed by atoms with van der Waals surface area (Å²) >= 11 is 0. The zero-order valence-corrected chi connectivity index (χ0v) is 15.0. The van der Waals surface area contributed by atoms with Gasteiger partial charge < -0.3 is 11.5 Å². The molecule has 7 nitrogen and oxygen atoms in total. The number of aryl methyl sites for hydroxylation is 1. The summed E-state index contributed by atoms with van der Waals surface area (Å²) in [7, 11) is -4.21. The second kappa shape index (κ2) is 7.21. The zero-order chi connectivity index (χ0) is 15.6. The number of nitrogens with zero attached hydrogens (tertiary/aromatic N) is 2. The fourth-order valence-electron chi connectivity index (χ4n) is 1.61. The Morgan fingerprint density at radius 1 is 1.00 bits per heavy atom. The largest absolute Gasteiger partial charge is 0.398 e. The van der Waals surface area contributed by atoms with Crippen molar-refractivity contribution in [3.63, 3.8) is 0 Å². The van der Waals surface area contributed by atoms with Gasteiger partial charge in [-0.25, -0.2) is 0 Å². The molecule has 5 N–H and O–H groups in total. The minimum atomic E-state index is -4.21. The second-order valence-corrected chi connectivity index (χ2v) is 5.86. The first-order valence-corrected chi connectivity index (χ1v) is 7.36. The van der Waals surface area contributed by atoms with E-state index < -0.39 is 10.1 Å². The molecule has 0 aliphatic carbocycles. The van der Waals surface area contributed by atoms with E-state index in [1.807, 2.05) is 6.92 Å². The van der Waals surface area contributed by atoms with Crippen LogP contribution in [0.25, 0.3) is 0 Å². The van der Waals surface area contributed by atoms with Crippen LogP contribution in [0.1, 0.15) is 5.56 Å². The summed E-state index contributed by atoms with van der Waals surface area (Å²) in [5, 5.41) is 7.96. The van der Waals surface area contributed by atoms with Crippen LogP contribution in [0.15, 0.2) is 51.5 Å². The maximum Gasteiger partial charge on any atom is 0.294 e. The molecule has 0 aliphatic heterocycles. The first kappa shape index (κ1) is 18.6. The Labute approximate surface area is 150 Å². The van der Waals surface area contributed by atoms with E-state index in [0.29, 0.717) is 22.7 Å². The number of nitrogen functional groups attached to an aromatic ring is 2. The summed E-state index contributed by atoms with van der Waals surface area (Å²) in [5.74, 6) is 0. The van der Waals surface area contributed by atoms with Gasteiger partial charge in [-0.3, -0.25) is 4.55 Å². The van der Waals surface area contributed by atoms with Crippen molar-refractivity contribution < 1.29 is 13.0 Å². The maximum atomic E-state index is 10.9. The predicted molar refractivity (Wildman–Crippen MR) is 86.2 cm³/mol. The third kappa shape index (κ3) is 4.52. The van der Waals surface area contributed by atoms with Crippen LogP contribution in [-0.2, 0) is 10.1 Å². The van der Waals surface area contributed by atoms with Crippen molar-refractivity contribution in [1.82, 2.24) is 0 Å². The van der Waals surface area contributed by atoms with Crippen LogP contribution >= 0.6 is 0 Å². The molecule has 0 saturated heterocycles. The zero-order valence-electron chi connectivity index (χ0n) is 12.2. The second-order valence-electron chi connectivity index (χ2n) is 4.44. The minimum absolute atomic E-state index is 0.